The van der Waals surface area contributed by atoms with E-state index in [4.69, 9.17) is 0 Å². The number of likely N-dealkylation sites (N-methyl/N-ethyl adjacent to an activating group) is 1. The van der Waals surface area contributed by atoms with Gasteiger partial charge in [-0.05, 0) is 32.2 Å². The van der Waals surface area contributed by atoms with E-state index in [2.05, 4.69) is 19.2 Å². The van der Waals surface area contributed by atoms with E-state index in [1.807, 2.05) is 25.7 Å². The summed E-state index contributed by atoms with van der Waals surface area (Å²) in [4.78, 5) is 14.2. The van der Waals surface area contributed by atoms with Gasteiger partial charge in [0.2, 0.25) is 5.91 Å². The van der Waals surface area contributed by atoms with Crippen LogP contribution in [0.2, 0.25) is 0 Å². The summed E-state index contributed by atoms with van der Waals surface area (Å²) in [7, 11) is 0. The van der Waals surface area contributed by atoms with Crippen LogP contribution in [0.4, 0.5) is 0 Å². The van der Waals surface area contributed by atoms with Crippen molar-refractivity contribution in [2.75, 3.05) is 19.6 Å². The Labute approximate surface area is 93.2 Å². The van der Waals surface area contributed by atoms with Gasteiger partial charge in [0.1, 0.15) is 0 Å². The Morgan fingerprint density at radius 2 is 1.80 bits per heavy atom. The third-order valence-electron chi connectivity index (χ3n) is 3.43. The molecule has 1 amide bonds. The van der Waals surface area contributed by atoms with E-state index >= 15 is 0 Å². The molecule has 0 spiro atoms. The SMILES string of the molecule is CCNC(C)(C)C(=O)N1CC(C)C(C)C1. The van der Waals surface area contributed by atoms with Gasteiger partial charge in [-0.3, -0.25) is 4.79 Å². The summed E-state index contributed by atoms with van der Waals surface area (Å²) >= 11 is 0. The van der Waals surface area contributed by atoms with Crippen LogP contribution in [0.15, 0.2) is 0 Å². The third-order valence-corrected chi connectivity index (χ3v) is 3.43. The zero-order chi connectivity index (χ0) is 11.6. The van der Waals surface area contributed by atoms with Gasteiger partial charge in [0.05, 0.1) is 5.54 Å². The molecule has 2 unspecified atom stereocenters. The average Bonchev–Trinajstić information content (AvgIpc) is 2.45. The van der Waals surface area contributed by atoms with Gasteiger partial charge in [0, 0.05) is 13.1 Å². The summed E-state index contributed by atoms with van der Waals surface area (Å²) in [6.07, 6.45) is 0. The van der Waals surface area contributed by atoms with Crippen molar-refractivity contribution in [1.29, 1.82) is 0 Å². The van der Waals surface area contributed by atoms with Crippen molar-refractivity contribution >= 4 is 5.91 Å². The van der Waals surface area contributed by atoms with Gasteiger partial charge >= 0.3 is 0 Å². The Morgan fingerprint density at radius 1 is 1.33 bits per heavy atom. The lowest BCUT2D eigenvalue weighted by atomic mass is 10.0. The van der Waals surface area contributed by atoms with E-state index in [1.54, 1.807) is 0 Å². The number of nitrogens with zero attached hydrogens (tertiary/aromatic N) is 1. The summed E-state index contributed by atoms with van der Waals surface area (Å²) in [5.41, 5.74) is -0.418. The van der Waals surface area contributed by atoms with Crippen LogP contribution in [0.25, 0.3) is 0 Å². The summed E-state index contributed by atoms with van der Waals surface area (Å²) < 4.78 is 0. The fourth-order valence-electron chi connectivity index (χ4n) is 2.21. The van der Waals surface area contributed by atoms with Crippen LogP contribution in [-0.4, -0.2) is 36.0 Å². The van der Waals surface area contributed by atoms with Crippen molar-refractivity contribution in [3.8, 4) is 0 Å². The topological polar surface area (TPSA) is 32.3 Å². The highest BCUT2D eigenvalue weighted by molar-refractivity contribution is 5.85. The summed E-state index contributed by atoms with van der Waals surface area (Å²) in [6, 6.07) is 0. The lowest BCUT2D eigenvalue weighted by Gasteiger charge is -2.30. The molecule has 0 saturated carbocycles. The van der Waals surface area contributed by atoms with Crippen LogP contribution in [0.1, 0.15) is 34.6 Å². The van der Waals surface area contributed by atoms with E-state index < -0.39 is 5.54 Å². The van der Waals surface area contributed by atoms with Crippen molar-refractivity contribution < 1.29 is 4.79 Å². The second-order valence-electron chi connectivity index (χ2n) is 5.32. The van der Waals surface area contributed by atoms with Crippen LogP contribution in [0.3, 0.4) is 0 Å². The second-order valence-corrected chi connectivity index (χ2v) is 5.32. The van der Waals surface area contributed by atoms with Crippen LogP contribution in [-0.2, 0) is 4.79 Å². The molecule has 0 aromatic rings. The van der Waals surface area contributed by atoms with Gasteiger partial charge in [0.25, 0.3) is 0 Å². The predicted molar refractivity (Wildman–Crippen MR) is 62.7 cm³/mol. The number of nitrogens with one attached hydrogen (secondary N) is 1. The number of likely N-dealkylation sites (tertiary alicyclic amines) is 1. The maximum atomic E-state index is 12.2. The molecule has 1 fully saturated rings. The molecule has 1 aliphatic rings. The molecular weight excluding hydrogens is 188 g/mol. The molecule has 1 heterocycles. The molecule has 0 bridgehead atoms. The first-order valence-electron chi connectivity index (χ1n) is 5.93. The highest BCUT2D eigenvalue weighted by Gasteiger charge is 2.36. The lowest BCUT2D eigenvalue weighted by molar-refractivity contribution is -0.136. The highest BCUT2D eigenvalue weighted by atomic mass is 16.2. The first-order valence-corrected chi connectivity index (χ1v) is 5.93. The summed E-state index contributed by atoms with van der Waals surface area (Å²) in [5.74, 6) is 1.50. The maximum absolute atomic E-state index is 12.2. The van der Waals surface area contributed by atoms with Gasteiger partial charge in [-0.2, -0.15) is 0 Å². The Kier molecular flexibility index (Phi) is 3.77. The number of carbonyl (C=O) groups is 1. The Balaban J connectivity index is 2.62. The standard InChI is InChI=1S/C12H24N2O/c1-6-13-12(4,5)11(15)14-7-9(2)10(3)8-14/h9-10,13H,6-8H2,1-5H3. The minimum absolute atomic E-state index is 0.237. The summed E-state index contributed by atoms with van der Waals surface area (Å²) in [6.45, 7) is 13.1. The highest BCUT2D eigenvalue weighted by Crippen LogP contribution is 2.24. The van der Waals surface area contributed by atoms with E-state index in [-0.39, 0.29) is 5.91 Å². The van der Waals surface area contributed by atoms with Crippen molar-refractivity contribution in [2.24, 2.45) is 11.8 Å². The third kappa shape index (κ3) is 2.71. The Bertz CT molecular complexity index is 228. The maximum Gasteiger partial charge on any atom is 0.242 e. The molecule has 88 valence electrons. The molecule has 0 aliphatic carbocycles. The van der Waals surface area contributed by atoms with Crippen molar-refractivity contribution in [3.05, 3.63) is 0 Å². The molecule has 0 radical (unpaired) electrons. The number of hydrogen-bond acceptors (Lipinski definition) is 2. The number of amides is 1. The molecule has 0 aromatic carbocycles. The van der Waals surface area contributed by atoms with Crippen LogP contribution >= 0.6 is 0 Å². The minimum Gasteiger partial charge on any atom is -0.341 e. The van der Waals surface area contributed by atoms with E-state index in [0.717, 1.165) is 19.6 Å². The molecule has 1 rings (SSSR count). The Morgan fingerprint density at radius 3 is 2.20 bits per heavy atom. The van der Waals surface area contributed by atoms with Gasteiger partial charge in [-0.25, -0.2) is 0 Å². The van der Waals surface area contributed by atoms with Crippen molar-refractivity contribution in [2.45, 2.75) is 40.2 Å². The zero-order valence-corrected chi connectivity index (χ0v) is 10.6. The average molecular weight is 212 g/mol. The van der Waals surface area contributed by atoms with Crippen LogP contribution < -0.4 is 5.32 Å². The number of hydrogen-bond donors (Lipinski definition) is 1. The molecule has 1 saturated heterocycles. The summed E-state index contributed by atoms with van der Waals surface area (Å²) in [5, 5.41) is 3.24. The van der Waals surface area contributed by atoms with Gasteiger partial charge in [-0.15, -0.1) is 0 Å². The van der Waals surface area contributed by atoms with Gasteiger partial charge in [0.15, 0.2) is 0 Å². The van der Waals surface area contributed by atoms with Crippen molar-refractivity contribution in [3.63, 3.8) is 0 Å². The number of rotatable bonds is 3. The van der Waals surface area contributed by atoms with Crippen molar-refractivity contribution in [1.82, 2.24) is 10.2 Å². The van der Waals surface area contributed by atoms with Gasteiger partial charge in [-0.1, -0.05) is 20.8 Å². The fourth-order valence-corrected chi connectivity index (χ4v) is 2.21. The molecule has 3 heteroatoms. The molecule has 1 N–H and O–H groups in total. The molecule has 1 aliphatic heterocycles. The monoisotopic (exact) mass is 212 g/mol. The lowest BCUT2D eigenvalue weighted by Crippen LogP contribution is -2.53. The minimum atomic E-state index is -0.418. The smallest absolute Gasteiger partial charge is 0.242 e. The molecule has 3 nitrogen and oxygen atoms in total. The van der Waals surface area contributed by atoms with Gasteiger partial charge < -0.3 is 10.2 Å². The molecular formula is C12H24N2O. The molecule has 2 atom stereocenters. The normalized spacial score (nSPS) is 27.1. The molecule has 0 aromatic heterocycles. The van der Waals surface area contributed by atoms with E-state index in [1.165, 1.54) is 0 Å². The van der Waals surface area contributed by atoms with E-state index in [0.29, 0.717) is 11.8 Å². The quantitative estimate of drug-likeness (QED) is 0.768. The second kappa shape index (κ2) is 4.52. The predicted octanol–water partition coefficient (Wildman–Crippen LogP) is 1.49. The van der Waals surface area contributed by atoms with Crippen LogP contribution in [0.5, 0.6) is 0 Å². The number of carbonyl (C=O) groups excluding carboxylic acids is 1. The zero-order valence-electron chi connectivity index (χ0n) is 10.6. The Hall–Kier alpha value is -0.570. The van der Waals surface area contributed by atoms with Crippen LogP contribution in [0, 0.1) is 11.8 Å². The largest absolute Gasteiger partial charge is 0.341 e. The first kappa shape index (κ1) is 12.5. The fraction of sp³-hybridized carbons (Fsp3) is 0.917. The van der Waals surface area contributed by atoms with E-state index in [9.17, 15) is 4.79 Å². The molecule has 15 heavy (non-hydrogen) atoms. The first-order chi connectivity index (χ1) is 6.88.